The number of rotatable bonds is 11. The molecular formula is C34H33F3N2O8. The highest BCUT2D eigenvalue weighted by atomic mass is 19.4. The second-order valence-electron chi connectivity index (χ2n) is 11.1. The Morgan fingerprint density at radius 1 is 1.06 bits per heavy atom. The summed E-state index contributed by atoms with van der Waals surface area (Å²) in [5.41, 5.74) is 0.546. The van der Waals surface area contributed by atoms with Crippen molar-refractivity contribution in [2.75, 3.05) is 33.9 Å². The third kappa shape index (κ3) is 6.81. The van der Waals surface area contributed by atoms with Gasteiger partial charge in [-0.25, -0.2) is 0 Å². The van der Waals surface area contributed by atoms with Gasteiger partial charge in [-0.15, -0.1) is 0 Å². The predicted molar refractivity (Wildman–Crippen MR) is 163 cm³/mol. The van der Waals surface area contributed by atoms with Gasteiger partial charge in [0.15, 0.2) is 11.5 Å². The monoisotopic (exact) mass is 654 g/mol. The van der Waals surface area contributed by atoms with Gasteiger partial charge in [-0.2, -0.15) is 13.2 Å². The summed E-state index contributed by atoms with van der Waals surface area (Å²) in [4.78, 5) is 40.7. The van der Waals surface area contributed by atoms with Crippen LogP contribution in [0.15, 0.2) is 72.3 Å². The van der Waals surface area contributed by atoms with Crippen molar-refractivity contribution < 1.29 is 52.0 Å². The van der Waals surface area contributed by atoms with Crippen LogP contribution < -0.4 is 19.5 Å². The number of halogens is 3. The molecule has 3 aromatic rings. The smallest absolute Gasteiger partial charge is 0.416 e. The minimum absolute atomic E-state index is 0.0142. The third-order valence-electron chi connectivity index (χ3n) is 8.27. The van der Waals surface area contributed by atoms with Crippen molar-refractivity contribution in [3.05, 3.63) is 100 Å². The lowest BCUT2D eigenvalue weighted by Gasteiger charge is -2.40. The summed E-state index contributed by atoms with van der Waals surface area (Å²) in [5, 5.41) is 23.8. The van der Waals surface area contributed by atoms with E-state index in [4.69, 9.17) is 14.2 Å². The van der Waals surface area contributed by atoms with E-state index in [1.165, 1.54) is 37.3 Å². The van der Waals surface area contributed by atoms with Crippen molar-refractivity contribution in [2.45, 2.75) is 36.8 Å². The number of nitrogens with zero attached hydrogens (tertiary/aromatic N) is 1. The molecule has 0 bridgehead atoms. The van der Waals surface area contributed by atoms with Gasteiger partial charge in [0.1, 0.15) is 24.2 Å². The van der Waals surface area contributed by atoms with Gasteiger partial charge in [0.25, 0.3) is 5.91 Å². The molecule has 2 amide bonds. The highest BCUT2D eigenvalue weighted by Crippen LogP contribution is 2.51. The van der Waals surface area contributed by atoms with E-state index in [1.54, 1.807) is 18.2 Å². The minimum Gasteiger partial charge on any atom is -0.497 e. The Bertz CT molecular complexity index is 1670. The molecule has 4 unspecified atom stereocenters. The predicted octanol–water partition coefficient (Wildman–Crippen LogP) is 3.54. The molecule has 2 aliphatic rings. The van der Waals surface area contributed by atoms with Gasteiger partial charge in [-0.05, 0) is 66.6 Å². The van der Waals surface area contributed by atoms with E-state index in [1.807, 2.05) is 6.07 Å². The number of nitrogens with one attached hydrogen (secondary N) is 1. The molecule has 1 heterocycles. The van der Waals surface area contributed by atoms with E-state index in [-0.39, 0.29) is 54.3 Å². The summed E-state index contributed by atoms with van der Waals surface area (Å²) in [6.07, 6.45) is -4.86. The van der Waals surface area contributed by atoms with Gasteiger partial charge >= 0.3 is 6.18 Å². The second kappa shape index (κ2) is 13.9. The number of benzene rings is 3. The number of aldehydes is 1. The van der Waals surface area contributed by atoms with Gasteiger partial charge in [0.05, 0.1) is 38.3 Å². The summed E-state index contributed by atoms with van der Waals surface area (Å²) in [6, 6.07) is 12.6. The van der Waals surface area contributed by atoms with E-state index >= 15 is 0 Å². The summed E-state index contributed by atoms with van der Waals surface area (Å²) < 4.78 is 56.8. The normalized spacial score (nSPS) is 19.9. The molecule has 0 saturated heterocycles. The second-order valence-corrected chi connectivity index (χ2v) is 11.1. The number of methoxy groups -OCH3 is 2. The molecule has 5 rings (SSSR count). The molecule has 0 radical (unpaired) electrons. The maximum atomic E-state index is 14.1. The fraction of sp³-hybridized carbons (Fsp3) is 0.324. The lowest BCUT2D eigenvalue weighted by atomic mass is 9.77. The first-order valence-electron chi connectivity index (χ1n) is 14.7. The maximum Gasteiger partial charge on any atom is 0.416 e. The molecule has 4 atom stereocenters. The number of hydrogen-bond donors (Lipinski definition) is 3. The number of aliphatic hydroxyl groups excluding tert-OH is 2. The van der Waals surface area contributed by atoms with Crippen LogP contribution in [0, 0.1) is 0 Å². The van der Waals surface area contributed by atoms with Crippen LogP contribution in [-0.4, -0.2) is 85.4 Å². The molecule has 10 nitrogen and oxygen atoms in total. The Morgan fingerprint density at radius 2 is 1.81 bits per heavy atom. The largest absolute Gasteiger partial charge is 0.497 e. The highest BCUT2D eigenvalue weighted by molar-refractivity contribution is 5.98. The SMILES string of the molecule is COc1cccc(CCN(C(=O)c2ccc(C(F)(F)F)cc2)C2C=C(C(=O)NCCO)C3c4cc(C=O)cc(OC)c4OC3C2O)c1. The number of amides is 2. The van der Waals surface area contributed by atoms with E-state index in [0.717, 1.165) is 29.8 Å². The molecule has 0 fully saturated rings. The zero-order chi connectivity index (χ0) is 33.9. The van der Waals surface area contributed by atoms with Crippen molar-refractivity contribution in [2.24, 2.45) is 0 Å². The number of fused-ring (bicyclic) bond motifs is 3. The van der Waals surface area contributed by atoms with Gasteiger partial charge in [-0.3, -0.25) is 14.4 Å². The molecule has 47 heavy (non-hydrogen) atoms. The number of aliphatic hydroxyl groups is 2. The summed E-state index contributed by atoms with van der Waals surface area (Å²) >= 11 is 0. The van der Waals surface area contributed by atoms with Crippen LogP contribution in [0.4, 0.5) is 13.2 Å². The first kappa shape index (κ1) is 33.5. The van der Waals surface area contributed by atoms with Crippen LogP contribution >= 0.6 is 0 Å². The fourth-order valence-corrected chi connectivity index (χ4v) is 5.99. The molecule has 1 aliphatic carbocycles. The quantitative estimate of drug-likeness (QED) is 0.268. The van der Waals surface area contributed by atoms with Crippen LogP contribution in [0.5, 0.6) is 17.2 Å². The Labute approximate surface area is 268 Å². The van der Waals surface area contributed by atoms with E-state index in [9.17, 15) is 37.8 Å². The average molecular weight is 655 g/mol. The number of alkyl halides is 3. The standard InChI is InChI=1S/C34H33F3N2O8/c1-45-23-5-3-4-19(14-23)10-12-39(33(44)21-6-8-22(9-7-21)34(35,36)37)26-17-25(32(43)38-11-13-40)28-24-15-20(18-41)16-27(46-2)30(24)47-31(28)29(26)42/h3-9,14-18,26,28-29,31,40,42H,10-13H2,1-2H3,(H,38,43). The summed E-state index contributed by atoms with van der Waals surface area (Å²) in [6.45, 7) is -0.454. The van der Waals surface area contributed by atoms with Crippen molar-refractivity contribution in [3.63, 3.8) is 0 Å². The van der Waals surface area contributed by atoms with Gasteiger partial charge in [-0.1, -0.05) is 12.1 Å². The summed E-state index contributed by atoms with van der Waals surface area (Å²) in [5.74, 6) is -1.18. The van der Waals surface area contributed by atoms with Crippen LogP contribution in [0.3, 0.4) is 0 Å². The van der Waals surface area contributed by atoms with Crippen LogP contribution in [-0.2, 0) is 17.4 Å². The molecule has 1 aliphatic heterocycles. The zero-order valence-corrected chi connectivity index (χ0v) is 25.5. The zero-order valence-electron chi connectivity index (χ0n) is 25.5. The third-order valence-corrected chi connectivity index (χ3v) is 8.27. The number of hydrogen-bond acceptors (Lipinski definition) is 8. The lowest BCUT2D eigenvalue weighted by Crippen LogP contribution is -2.56. The molecule has 3 aromatic carbocycles. The highest BCUT2D eigenvalue weighted by Gasteiger charge is 2.51. The van der Waals surface area contributed by atoms with E-state index in [2.05, 4.69) is 5.32 Å². The summed E-state index contributed by atoms with van der Waals surface area (Å²) in [7, 11) is 2.89. The fourth-order valence-electron chi connectivity index (χ4n) is 5.99. The first-order chi connectivity index (χ1) is 22.5. The van der Waals surface area contributed by atoms with Crippen LogP contribution in [0.1, 0.15) is 43.3 Å². The molecule has 0 aromatic heterocycles. The maximum absolute atomic E-state index is 14.1. The molecule has 13 heteroatoms. The molecule has 0 saturated carbocycles. The average Bonchev–Trinajstić information content (AvgIpc) is 3.47. The Balaban J connectivity index is 1.59. The Hall–Kier alpha value is -4.88. The van der Waals surface area contributed by atoms with Gasteiger partial charge in [0, 0.05) is 35.4 Å². The van der Waals surface area contributed by atoms with Crippen molar-refractivity contribution in [1.29, 1.82) is 0 Å². The minimum atomic E-state index is -4.61. The topological polar surface area (TPSA) is 135 Å². The number of carbonyl (C=O) groups excluding carboxylic acids is 3. The van der Waals surface area contributed by atoms with Gasteiger partial charge in [0.2, 0.25) is 5.91 Å². The molecule has 248 valence electrons. The van der Waals surface area contributed by atoms with Crippen LogP contribution in [0.25, 0.3) is 0 Å². The van der Waals surface area contributed by atoms with Crippen molar-refractivity contribution >= 4 is 18.1 Å². The lowest BCUT2D eigenvalue weighted by molar-refractivity contribution is -0.137. The van der Waals surface area contributed by atoms with Crippen molar-refractivity contribution in [1.82, 2.24) is 10.2 Å². The van der Waals surface area contributed by atoms with Gasteiger partial charge < -0.3 is 34.6 Å². The first-order valence-corrected chi connectivity index (χ1v) is 14.7. The molecule has 0 spiro atoms. The Kier molecular flexibility index (Phi) is 9.87. The number of carbonyl (C=O) groups is 3. The number of ether oxygens (including phenoxy) is 3. The molecule has 3 N–H and O–H groups in total. The van der Waals surface area contributed by atoms with E-state index < -0.39 is 47.7 Å². The Morgan fingerprint density at radius 3 is 2.45 bits per heavy atom. The van der Waals surface area contributed by atoms with E-state index in [0.29, 0.717) is 17.6 Å². The van der Waals surface area contributed by atoms with Crippen LogP contribution in [0.2, 0.25) is 0 Å². The molecular weight excluding hydrogens is 621 g/mol. The van der Waals surface area contributed by atoms with Crippen molar-refractivity contribution in [3.8, 4) is 17.2 Å².